The lowest BCUT2D eigenvalue weighted by Crippen LogP contribution is -2.39. The van der Waals surface area contributed by atoms with Crippen molar-refractivity contribution in [1.82, 2.24) is 4.90 Å². The van der Waals surface area contributed by atoms with Crippen LogP contribution in [0.1, 0.15) is 36.5 Å². The zero-order valence-corrected chi connectivity index (χ0v) is 13.1. The number of carboxylic acid groups (broad SMARTS) is 1. The highest BCUT2D eigenvalue weighted by molar-refractivity contribution is 5.80. The van der Waals surface area contributed by atoms with E-state index < -0.39 is 5.97 Å². The summed E-state index contributed by atoms with van der Waals surface area (Å²) in [5.41, 5.74) is 2.18. The molecule has 1 aromatic rings. The lowest BCUT2D eigenvalue weighted by atomic mass is 9.88. The Morgan fingerprint density at radius 3 is 2.64 bits per heavy atom. The number of carbonyl (C=O) groups is 2. The van der Waals surface area contributed by atoms with E-state index in [0.717, 1.165) is 18.4 Å². The van der Waals surface area contributed by atoms with Gasteiger partial charge in [0.05, 0.1) is 18.4 Å². The van der Waals surface area contributed by atoms with E-state index in [0.29, 0.717) is 6.61 Å². The van der Waals surface area contributed by atoms with E-state index in [1.165, 1.54) is 10.5 Å². The van der Waals surface area contributed by atoms with Gasteiger partial charge in [-0.15, -0.1) is 0 Å². The Bertz CT molecular complexity index is 526. The van der Waals surface area contributed by atoms with Crippen molar-refractivity contribution in [3.05, 3.63) is 35.4 Å². The first-order chi connectivity index (χ1) is 10.5. The molecule has 120 valence electrons. The van der Waals surface area contributed by atoms with E-state index in [-0.39, 0.29) is 30.9 Å². The third kappa shape index (κ3) is 4.07. The number of rotatable bonds is 5. The number of hydrogen-bond donors (Lipinski definition) is 1. The zero-order valence-electron chi connectivity index (χ0n) is 13.1. The Balaban J connectivity index is 2.10. The van der Waals surface area contributed by atoms with Gasteiger partial charge in [-0.25, -0.2) is 0 Å². The maximum absolute atomic E-state index is 12.6. The SMILES string of the molecule is Cc1ccc([C@@H]2OCCC[C@@H]2C(=O)N(C)CCC(=O)O)cc1. The number of carbonyl (C=O) groups excluding carboxylic acids is 1. The summed E-state index contributed by atoms with van der Waals surface area (Å²) in [4.78, 5) is 24.8. The van der Waals surface area contributed by atoms with E-state index in [1.54, 1.807) is 7.05 Å². The first kappa shape index (κ1) is 16.5. The Kier molecular flexibility index (Phi) is 5.55. The number of ether oxygens (including phenoxy) is 1. The molecule has 0 saturated carbocycles. The minimum absolute atomic E-state index is 0.0356. The van der Waals surface area contributed by atoms with Gasteiger partial charge in [0.2, 0.25) is 5.91 Å². The third-order valence-corrected chi connectivity index (χ3v) is 4.08. The third-order valence-electron chi connectivity index (χ3n) is 4.08. The van der Waals surface area contributed by atoms with E-state index in [4.69, 9.17) is 9.84 Å². The second-order valence-electron chi connectivity index (χ2n) is 5.85. The number of carboxylic acids is 1. The summed E-state index contributed by atoms with van der Waals surface area (Å²) in [6.07, 6.45) is 1.35. The number of amides is 1. The molecule has 0 bridgehead atoms. The summed E-state index contributed by atoms with van der Waals surface area (Å²) in [7, 11) is 1.66. The number of hydrogen-bond acceptors (Lipinski definition) is 3. The first-order valence-corrected chi connectivity index (χ1v) is 7.64. The molecule has 1 aliphatic rings. The molecule has 0 unspecified atom stereocenters. The Labute approximate surface area is 130 Å². The van der Waals surface area contributed by atoms with Crippen molar-refractivity contribution in [3.8, 4) is 0 Å². The van der Waals surface area contributed by atoms with Crippen LogP contribution < -0.4 is 0 Å². The quantitative estimate of drug-likeness (QED) is 0.907. The summed E-state index contributed by atoms with van der Waals surface area (Å²) in [6.45, 7) is 2.90. The van der Waals surface area contributed by atoms with Crippen LogP contribution in [-0.4, -0.2) is 42.1 Å². The zero-order chi connectivity index (χ0) is 16.1. The van der Waals surface area contributed by atoms with Gasteiger partial charge >= 0.3 is 5.97 Å². The number of nitrogens with zero attached hydrogens (tertiary/aromatic N) is 1. The van der Waals surface area contributed by atoms with Crippen molar-refractivity contribution in [3.63, 3.8) is 0 Å². The molecule has 1 N–H and O–H groups in total. The van der Waals surface area contributed by atoms with Crippen LogP contribution in [0.2, 0.25) is 0 Å². The predicted molar refractivity (Wildman–Crippen MR) is 82.5 cm³/mol. The maximum Gasteiger partial charge on any atom is 0.305 e. The van der Waals surface area contributed by atoms with Crippen molar-refractivity contribution in [2.75, 3.05) is 20.2 Å². The molecule has 5 nitrogen and oxygen atoms in total. The van der Waals surface area contributed by atoms with Crippen LogP contribution in [0.5, 0.6) is 0 Å². The van der Waals surface area contributed by atoms with Crippen LogP contribution in [-0.2, 0) is 14.3 Å². The highest BCUT2D eigenvalue weighted by Crippen LogP contribution is 2.34. The Morgan fingerprint density at radius 1 is 1.32 bits per heavy atom. The van der Waals surface area contributed by atoms with Gasteiger partial charge in [-0.05, 0) is 25.3 Å². The molecule has 0 aromatic heterocycles. The van der Waals surface area contributed by atoms with Crippen LogP contribution in [0, 0.1) is 12.8 Å². The smallest absolute Gasteiger partial charge is 0.305 e. The fourth-order valence-electron chi connectivity index (χ4n) is 2.78. The molecular weight excluding hydrogens is 282 g/mol. The summed E-state index contributed by atoms with van der Waals surface area (Å²) in [5, 5.41) is 8.75. The molecular formula is C17H23NO4. The van der Waals surface area contributed by atoms with Gasteiger partial charge in [0, 0.05) is 20.2 Å². The lowest BCUT2D eigenvalue weighted by molar-refractivity contribution is -0.145. The van der Waals surface area contributed by atoms with Gasteiger partial charge in [-0.1, -0.05) is 29.8 Å². The molecule has 1 aliphatic heterocycles. The molecule has 1 saturated heterocycles. The molecule has 1 fully saturated rings. The minimum atomic E-state index is -0.894. The van der Waals surface area contributed by atoms with Crippen LogP contribution in [0.3, 0.4) is 0 Å². The standard InChI is InChI=1S/C17H23NO4/c1-12-5-7-13(8-6-12)16-14(4-3-11-22-16)17(21)18(2)10-9-15(19)20/h5-8,14,16H,3-4,9-11H2,1-2H3,(H,19,20)/t14-,16-/m0/s1. The molecule has 1 aromatic carbocycles. The van der Waals surface area contributed by atoms with Crippen LogP contribution in [0.15, 0.2) is 24.3 Å². The summed E-state index contributed by atoms with van der Waals surface area (Å²) in [5.74, 6) is -1.17. The number of benzene rings is 1. The van der Waals surface area contributed by atoms with Crippen LogP contribution >= 0.6 is 0 Å². The monoisotopic (exact) mass is 305 g/mol. The average molecular weight is 305 g/mol. The second kappa shape index (κ2) is 7.40. The van der Waals surface area contributed by atoms with Crippen LogP contribution in [0.4, 0.5) is 0 Å². The van der Waals surface area contributed by atoms with Crippen molar-refractivity contribution < 1.29 is 19.4 Å². The highest BCUT2D eigenvalue weighted by atomic mass is 16.5. The first-order valence-electron chi connectivity index (χ1n) is 7.64. The number of aliphatic carboxylic acids is 1. The molecule has 2 rings (SSSR count). The van der Waals surface area contributed by atoms with E-state index >= 15 is 0 Å². The largest absolute Gasteiger partial charge is 0.481 e. The molecule has 1 amide bonds. The Hall–Kier alpha value is -1.88. The minimum Gasteiger partial charge on any atom is -0.481 e. The Morgan fingerprint density at radius 2 is 2.00 bits per heavy atom. The molecule has 22 heavy (non-hydrogen) atoms. The van der Waals surface area contributed by atoms with Crippen molar-refractivity contribution in [2.45, 2.75) is 32.3 Å². The topological polar surface area (TPSA) is 66.8 Å². The normalized spacial score (nSPS) is 21.4. The fourth-order valence-corrected chi connectivity index (χ4v) is 2.78. The number of aryl methyl sites for hydroxylation is 1. The fraction of sp³-hybridized carbons (Fsp3) is 0.529. The molecule has 0 spiro atoms. The van der Waals surface area contributed by atoms with Gasteiger partial charge in [0.15, 0.2) is 0 Å². The van der Waals surface area contributed by atoms with E-state index in [1.807, 2.05) is 31.2 Å². The van der Waals surface area contributed by atoms with E-state index in [9.17, 15) is 9.59 Å². The molecule has 0 radical (unpaired) electrons. The van der Waals surface area contributed by atoms with Gasteiger partial charge in [-0.3, -0.25) is 9.59 Å². The maximum atomic E-state index is 12.6. The predicted octanol–water partition coefficient (Wildman–Crippen LogP) is 2.40. The van der Waals surface area contributed by atoms with Gasteiger partial charge < -0.3 is 14.7 Å². The van der Waals surface area contributed by atoms with Crippen molar-refractivity contribution in [2.24, 2.45) is 5.92 Å². The molecule has 5 heteroatoms. The summed E-state index contributed by atoms with van der Waals surface area (Å²) < 4.78 is 5.85. The average Bonchev–Trinajstić information content (AvgIpc) is 2.52. The van der Waals surface area contributed by atoms with Gasteiger partial charge in [0.25, 0.3) is 0 Å². The molecule has 1 heterocycles. The molecule has 2 atom stereocenters. The lowest BCUT2D eigenvalue weighted by Gasteiger charge is -2.33. The van der Waals surface area contributed by atoms with Gasteiger partial charge in [0.1, 0.15) is 0 Å². The van der Waals surface area contributed by atoms with Crippen molar-refractivity contribution >= 4 is 11.9 Å². The van der Waals surface area contributed by atoms with Crippen molar-refractivity contribution in [1.29, 1.82) is 0 Å². The summed E-state index contributed by atoms with van der Waals surface area (Å²) >= 11 is 0. The molecule has 0 aliphatic carbocycles. The van der Waals surface area contributed by atoms with Gasteiger partial charge in [-0.2, -0.15) is 0 Å². The second-order valence-corrected chi connectivity index (χ2v) is 5.85. The van der Waals surface area contributed by atoms with Crippen LogP contribution in [0.25, 0.3) is 0 Å². The highest BCUT2D eigenvalue weighted by Gasteiger charge is 2.34. The summed E-state index contributed by atoms with van der Waals surface area (Å²) in [6, 6.07) is 8.04. The van der Waals surface area contributed by atoms with E-state index in [2.05, 4.69) is 0 Å².